The van der Waals surface area contributed by atoms with Crippen LogP contribution in [0.4, 0.5) is 0 Å². The van der Waals surface area contributed by atoms with E-state index in [1.807, 2.05) is 37.3 Å². The maximum absolute atomic E-state index is 10.8. The molecule has 4 heteroatoms. The molecule has 1 unspecified atom stereocenters. The van der Waals surface area contributed by atoms with Gasteiger partial charge in [0.1, 0.15) is 10.2 Å². The van der Waals surface area contributed by atoms with E-state index in [1.54, 1.807) is 5.51 Å². The van der Waals surface area contributed by atoms with Crippen LogP contribution in [0.5, 0.6) is 0 Å². The van der Waals surface area contributed by atoms with E-state index in [2.05, 4.69) is 20.9 Å². The fourth-order valence-corrected chi connectivity index (χ4v) is 3.43. The number of nitrogens with zero attached hydrogens (tertiary/aromatic N) is 1. The molecule has 0 spiro atoms. The maximum Gasteiger partial charge on any atom is 0.126 e. The highest BCUT2D eigenvalue weighted by Gasteiger charge is 2.33. The fraction of sp³-hybridized carbons (Fsp3) is 0.250. The van der Waals surface area contributed by atoms with Gasteiger partial charge in [-0.05, 0) is 27.9 Å². The number of benzene rings is 1. The molecule has 0 aliphatic heterocycles. The van der Waals surface area contributed by atoms with Crippen molar-refractivity contribution in [3.63, 3.8) is 0 Å². The predicted molar refractivity (Wildman–Crippen MR) is 69.5 cm³/mol. The van der Waals surface area contributed by atoms with Gasteiger partial charge in [-0.1, -0.05) is 37.3 Å². The third-order valence-corrected chi connectivity index (χ3v) is 4.50. The van der Waals surface area contributed by atoms with Crippen LogP contribution >= 0.6 is 27.3 Å². The van der Waals surface area contributed by atoms with Crippen LogP contribution in [-0.4, -0.2) is 10.1 Å². The molecule has 0 aliphatic carbocycles. The highest BCUT2D eigenvalue weighted by molar-refractivity contribution is 9.10. The predicted octanol–water partition coefficient (Wildman–Crippen LogP) is 3.55. The molecular weight excluding hydrogens is 286 g/mol. The Morgan fingerprint density at radius 2 is 2.06 bits per heavy atom. The average Bonchev–Trinajstić information content (AvgIpc) is 2.76. The molecule has 0 fully saturated rings. The number of hydrogen-bond acceptors (Lipinski definition) is 3. The van der Waals surface area contributed by atoms with Crippen molar-refractivity contribution in [2.45, 2.75) is 18.9 Å². The molecule has 16 heavy (non-hydrogen) atoms. The van der Waals surface area contributed by atoms with Gasteiger partial charge >= 0.3 is 0 Å². The Labute approximate surface area is 107 Å². The number of aromatic nitrogens is 1. The average molecular weight is 298 g/mol. The molecule has 2 nitrogen and oxygen atoms in total. The summed E-state index contributed by atoms with van der Waals surface area (Å²) in [6.07, 6.45) is 0.623. The lowest BCUT2D eigenvalue weighted by atomic mass is 9.90. The first kappa shape index (κ1) is 11.8. The third kappa shape index (κ3) is 1.93. The summed E-state index contributed by atoms with van der Waals surface area (Å²) in [4.78, 5) is 4.99. The van der Waals surface area contributed by atoms with E-state index in [-0.39, 0.29) is 0 Å². The summed E-state index contributed by atoms with van der Waals surface area (Å²) in [5, 5.41) is 10.8. The quantitative estimate of drug-likeness (QED) is 0.940. The Hall–Kier alpha value is -0.710. The van der Waals surface area contributed by atoms with Crippen LogP contribution in [0, 0.1) is 0 Å². The van der Waals surface area contributed by atoms with Gasteiger partial charge in [0.2, 0.25) is 0 Å². The highest BCUT2D eigenvalue weighted by atomic mass is 79.9. The van der Waals surface area contributed by atoms with Gasteiger partial charge in [-0.15, -0.1) is 11.3 Å². The molecule has 1 aromatic heterocycles. The molecule has 2 rings (SSSR count). The Bertz CT molecular complexity index is 471. The Kier molecular flexibility index (Phi) is 3.42. The van der Waals surface area contributed by atoms with Gasteiger partial charge in [0.25, 0.3) is 0 Å². The Morgan fingerprint density at radius 3 is 2.56 bits per heavy atom. The van der Waals surface area contributed by atoms with Crippen LogP contribution < -0.4 is 0 Å². The SMILES string of the molecule is CCC(O)(c1ccccc1)c1scnc1Br. The molecule has 0 saturated heterocycles. The molecule has 1 N–H and O–H groups in total. The van der Waals surface area contributed by atoms with Gasteiger partial charge in [-0.3, -0.25) is 0 Å². The summed E-state index contributed by atoms with van der Waals surface area (Å²) in [6, 6.07) is 9.70. The van der Waals surface area contributed by atoms with Crippen molar-refractivity contribution in [1.82, 2.24) is 4.98 Å². The lowest BCUT2D eigenvalue weighted by Gasteiger charge is -2.26. The summed E-state index contributed by atoms with van der Waals surface area (Å²) < 4.78 is 0.728. The van der Waals surface area contributed by atoms with Gasteiger partial charge in [0, 0.05) is 0 Å². The van der Waals surface area contributed by atoms with Crippen molar-refractivity contribution in [3.05, 3.63) is 50.9 Å². The summed E-state index contributed by atoms with van der Waals surface area (Å²) in [5.74, 6) is 0. The molecule has 0 amide bonds. The smallest absolute Gasteiger partial charge is 0.126 e. The monoisotopic (exact) mass is 297 g/mol. The summed E-state index contributed by atoms with van der Waals surface area (Å²) >= 11 is 4.85. The zero-order valence-corrected chi connectivity index (χ0v) is 11.3. The van der Waals surface area contributed by atoms with Gasteiger partial charge in [-0.25, -0.2) is 4.98 Å². The van der Waals surface area contributed by atoms with E-state index in [0.29, 0.717) is 6.42 Å². The normalized spacial score (nSPS) is 14.7. The minimum Gasteiger partial charge on any atom is -0.379 e. The van der Waals surface area contributed by atoms with Crippen LogP contribution in [0.2, 0.25) is 0 Å². The first-order valence-electron chi connectivity index (χ1n) is 5.06. The molecular formula is C12H12BrNOS. The van der Waals surface area contributed by atoms with Gasteiger partial charge in [0.05, 0.1) is 10.4 Å². The topological polar surface area (TPSA) is 33.1 Å². The maximum atomic E-state index is 10.8. The van der Waals surface area contributed by atoms with Gasteiger partial charge in [-0.2, -0.15) is 0 Å². The summed E-state index contributed by atoms with van der Waals surface area (Å²) in [5.41, 5.74) is 1.70. The van der Waals surface area contributed by atoms with E-state index < -0.39 is 5.60 Å². The fourth-order valence-electron chi connectivity index (χ4n) is 1.71. The first-order valence-corrected chi connectivity index (χ1v) is 6.73. The molecule has 1 atom stereocenters. The second-order valence-electron chi connectivity index (χ2n) is 3.55. The summed E-state index contributed by atoms with van der Waals surface area (Å²) in [6.45, 7) is 1.97. The third-order valence-electron chi connectivity index (χ3n) is 2.66. The Morgan fingerprint density at radius 1 is 1.38 bits per heavy atom. The molecule has 0 aliphatic rings. The minimum atomic E-state index is -0.943. The molecule has 1 aromatic carbocycles. The first-order chi connectivity index (χ1) is 7.68. The molecule has 84 valence electrons. The molecule has 0 bridgehead atoms. The highest BCUT2D eigenvalue weighted by Crippen LogP contribution is 2.38. The van der Waals surface area contributed by atoms with Crippen LogP contribution in [0.3, 0.4) is 0 Å². The van der Waals surface area contributed by atoms with Gasteiger partial charge in [0.15, 0.2) is 0 Å². The molecule has 2 aromatic rings. The standard InChI is InChI=1S/C12H12BrNOS/c1-2-12(15,9-6-4-3-5-7-9)10-11(13)14-8-16-10/h3-8,15H,2H2,1H3. The van der Waals surface area contributed by atoms with Crippen molar-refractivity contribution in [3.8, 4) is 0 Å². The van der Waals surface area contributed by atoms with Gasteiger partial charge < -0.3 is 5.11 Å². The number of thiazole rings is 1. The largest absolute Gasteiger partial charge is 0.379 e. The number of halogens is 1. The number of aliphatic hydroxyl groups is 1. The number of rotatable bonds is 3. The van der Waals surface area contributed by atoms with Crippen molar-refractivity contribution in [2.75, 3.05) is 0 Å². The van der Waals surface area contributed by atoms with Crippen molar-refractivity contribution >= 4 is 27.3 Å². The molecule has 1 heterocycles. The van der Waals surface area contributed by atoms with Crippen LogP contribution in [-0.2, 0) is 5.60 Å². The van der Waals surface area contributed by atoms with E-state index in [0.717, 1.165) is 15.0 Å². The van der Waals surface area contributed by atoms with E-state index in [1.165, 1.54) is 11.3 Å². The number of hydrogen-bond donors (Lipinski definition) is 1. The Balaban J connectivity index is 2.53. The van der Waals surface area contributed by atoms with E-state index in [4.69, 9.17) is 0 Å². The lowest BCUT2D eigenvalue weighted by Crippen LogP contribution is -2.25. The van der Waals surface area contributed by atoms with Crippen LogP contribution in [0.25, 0.3) is 0 Å². The van der Waals surface area contributed by atoms with Crippen molar-refractivity contribution in [1.29, 1.82) is 0 Å². The second kappa shape index (κ2) is 4.65. The lowest BCUT2D eigenvalue weighted by molar-refractivity contribution is 0.0794. The van der Waals surface area contributed by atoms with E-state index in [9.17, 15) is 5.11 Å². The molecule has 0 saturated carbocycles. The van der Waals surface area contributed by atoms with Crippen molar-refractivity contribution in [2.24, 2.45) is 0 Å². The minimum absolute atomic E-state index is 0.623. The van der Waals surface area contributed by atoms with Crippen LogP contribution in [0.15, 0.2) is 40.4 Å². The van der Waals surface area contributed by atoms with E-state index >= 15 is 0 Å². The zero-order chi connectivity index (χ0) is 11.6. The molecule has 0 radical (unpaired) electrons. The van der Waals surface area contributed by atoms with Crippen LogP contribution in [0.1, 0.15) is 23.8 Å². The summed E-state index contributed by atoms with van der Waals surface area (Å²) in [7, 11) is 0. The second-order valence-corrected chi connectivity index (χ2v) is 5.16. The zero-order valence-electron chi connectivity index (χ0n) is 8.85. The van der Waals surface area contributed by atoms with Crippen molar-refractivity contribution < 1.29 is 5.11 Å².